The molecular formula is C14H18FN3O2. The second-order valence-electron chi connectivity index (χ2n) is 5.60. The standard InChI is InChI=1S/C14H18FN3O2/c1-2-12-11-7-16-6-9(11)8-17(12)13-4-3-10(15)5-14(13)18(19)20/h3-5,9,11-12,16H,2,6-8H2,1H3. The normalized spacial score (nSPS) is 28.7. The van der Waals surface area contributed by atoms with Gasteiger partial charge in [-0.05, 0) is 30.4 Å². The van der Waals surface area contributed by atoms with E-state index in [0.29, 0.717) is 23.6 Å². The van der Waals surface area contributed by atoms with Gasteiger partial charge in [0.1, 0.15) is 11.5 Å². The molecular weight excluding hydrogens is 261 g/mol. The monoisotopic (exact) mass is 279 g/mol. The molecule has 5 nitrogen and oxygen atoms in total. The maximum Gasteiger partial charge on any atom is 0.295 e. The lowest BCUT2D eigenvalue weighted by atomic mass is 9.93. The maximum atomic E-state index is 13.3. The van der Waals surface area contributed by atoms with Gasteiger partial charge in [0.25, 0.3) is 5.69 Å². The molecule has 2 aliphatic rings. The van der Waals surface area contributed by atoms with Gasteiger partial charge in [-0.25, -0.2) is 4.39 Å². The Hall–Kier alpha value is -1.69. The number of nitro groups is 1. The van der Waals surface area contributed by atoms with Crippen LogP contribution in [0.1, 0.15) is 13.3 Å². The molecule has 0 aromatic heterocycles. The topological polar surface area (TPSA) is 58.4 Å². The summed E-state index contributed by atoms with van der Waals surface area (Å²) in [5.74, 6) is 0.504. The van der Waals surface area contributed by atoms with Crippen LogP contribution in [0.25, 0.3) is 0 Å². The van der Waals surface area contributed by atoms with Crippen LogP contribution in [0.3, 0.4) is 0 Å². The molecule has 0 saturated carbocycles. The summed E-state index contributed by atoms with van der Waals surface area (Å²) >= 11 is 0. The van der Waals surface area contributed by atoms with E-state index < -0.39 is 10.7 Å². The van der Waals surface area contributed by atoms with Crippen molar-refractivity contribution in [2.75, 3.05) is 24.5 Å². The second-order valence-corrected chi connectivity index (χ2v) is 5.60. The highest BCUT2D eigenvalue weighted by molar-refractivity contribution is 5.64. The fourth-order valence-corrected chi connectivity index (χ4v) is 3.71. The van der Waals surface area contributed by atoms with E-state index in [1.54, 1.807) is 6.07 Å². The molecule has 2 saturated heterocycles. The summed E-state index contributed by atoms with van der Waals surface area (Å²) in [6.07, 6.45) is 0.942. The summed E-state index contributed by atoms with van der Waals surface area (Å²) in [5, 5.41) is 14.6. The van der Waals surface area contributed by atoms with Crippen molar-refractivity contribution in [3.8, 4) is 0 Å². The fourth-order valence-electron chi connectivity index (χ4n) is 3.71. The number of hydrogen-bond donors (Lipinski definition) is 1. The van der Waals surface area contributed by atoms with Gasteiger partial charge in [-0.15, -0.1) is 0 Å². The minimum atomic E-state index is -0.561. The molecule has 0 aliphatic carbocycles. The number of nitrogens with zero attached hydrogens (tertiary/aromatic N) is 2. The molecule has 3 atom stereocenters. The summed E-state index contributed by atoms with van der Waals surface area (Å²) in [5.41, 5.74) is 0.425. The van der Waals surface area contributed by atoms with Crippen molar-refractivity contribution in [3.05, 3.63) is 34.1 Å². The van der Waals surface area contributed by atoms with E-state index in [9.17, 15) is 14.5 Å². The Morgan fingerprint density at radius 3 is 3.00 bits per heavy atom. The Morgan fingerprint density at radius 1 is 1.50 bits per heavy atom. The molecule has 108 valence electrons. The average Bonchev–Trinajstić information content (AvgIpc) is 2.98. The third-order valence-corrected chi connectivity index (χ3v) is 4.58. The Kier molecular flexibility index (Phi) is 3.33. The van der Waals surface area contributed by atoms with Gasteiger partial charge in [0.2, 0.25) is 0 Å². The average molecular weight is 279 g/mol. The van der Waals surface area contributed by atoms with Crippen LogP contribution in [0.4, 0.5) is 15.8 Å². The van der Waals surface area contributed by atoms with Gasteiger partial charge in [0, 0.05) is 25.7 Å². The van der Waals surface area contributed by atoms with Gasteiger partial charge in [-0.1, -0.05) is 6.92 Å². The minimum absolute atomic E-state index is 0.128. The number of anilines is 1. The Bertz CT molecular complexity index is 537. The van der Waals surface area contributed by atoms with Crippen molar-refractivity contribution < 1.29 is 9.31 Å². The first-order chi connectivity index (χ1) is 9.61. The summed E-state index contributed by atoms with van der Waals surface area (Å²) in [6, 6.07) is 4.17. The van der Waals surface area contributed by atoms with Crippen LogP contribution in [0.15, 0.2) is 18.2 Å². The number of rotatable bonds is 3. The minimum Gasteiger partial charge on any atom is -0.362 e. The van der Waals surface area contributed by atoms with E-state index in [2.05, 4.69) is 17.1 Å². The van der Waals surface area contributed by atoms with Crippen LogP contribution in [0.2, 0.25) is 0 Å². The first kappa shape index (κ1) is 13.3. The fraction of sp³-hybridized carbons (Fsp3) is 0.571. The lowest BCUT2D eigenvalue weighted by Gasteiger charge is -2.28. The van der Waals surface area contributed by atoms with Gasteiger partial charge in [-0.3, -0.25) is 10.1 Å². The maximum absolute atomic E-state index is 13.3. The molecule has 3 unspecified atom stereocenters. The van der Waals surface area contributed by atoms with E-state index in [4.69, 9.17) is 0 Å². The van der Waals surface area contributed by atoms with Crippen molar-refractivity contribution in [2.24, 2.45) is 11.8 Å². The van der Waals surface area contributed by atoms with Gasteiger partial charge in [0.15, 0.2) is 0 Å². The number of halogens is 1. The molecule has 2 aliphatic heterocycles. The van der Waals surface area contributed by atoms with Crippen molar-refractivity contribution in [2.45, 2.75) is 19.4 Å². The van der Waals surface area contributed by atoms with E-state index in [1.807, 2.05) is 0 Å². The summed E-state index contributed by atoms with van der Waals surface area (Å²) in [6.45, 7) is 4.84. The summed E-state index contributed by atoms with van der Waals surface area (Å²) < 4.78 is 13.3. The predicted octanol–water partition coefficient (Wildman–Crippen LogP) is 2.17. The first-order valence-corrected chi connectivity index (χ1v) is 7.03. The van der Waals surface area contributed by atoms with Crippen LogP contribution >= 0.6 is 0 Å². The third-order valence-electron chi connectivity index (χ3n) is 4.58. The molecule has 3 rings (SSSR count). The highest BCUT2D eigenvalue weighted by Gasteiger charge is 2.44. The smallest absolute Gasteiger partial charge is 0.295 e. The van der Waals surface area contributed by atoms with Crippen molar-refractivity contribution in [1.29, 1.82) is 0 Å². The zero-order valence-electron chi connectivity index (χ0n) is 11.4. The highest BCUT2D eigenvalue weighted by atomic mass is 19.1. The van der Waals surface area contributed by atoms with E-state index in [0.717, 1.165) is 32.1 Å². The van der Waals surface area contributed by atoms with E-state index >= 15 is 0 Å². The Labute approximate surface area is 116 Å². The molecule has 6 heteroatoms. The lowest BCUT2D eigenvalue weighted by molar-refractivity contribution is -0.384. The van der Waals surface area contributed by atoms with Crippen LogP contribution in [0, 0.1) is 27.8 Å². The number of hydrogen-bond acceptors (Lipinski definition) is 4. The number of nitrogens with one attached hydrogen (secondary N) is 1. The van der Waals surface area contributed by atoms with Crippen molar-refractivity contribution >= 4 is 11.4 Å². The summed E-state index contributed by atoms with van der Waals surface area (Å²) in [4.78, 5) is 12.8. The van der Waals surface area contributed by atoms with E-state index in [-0.39, 0.29) is 5.69 Å². The Morgan fingerprint density at radius 2 is 2.30 bits per heavy atom. The Balaban J connectivity index is 1.98. The largest absolute Gasteiger partial charge is 0.362 e. The zero-order chi connectivity index (χ0) is 14.3. The molecule has 0 bridgehead atoms. The molecule has 1 aromatic carbocycles. The zero-order valence-corrected chi connectivity index (χ0v) is 11.4. The van der Waals surface area contributed by atoms with Crippen molar-refractivity contribution in [1.82, 2.24) is 5.32 Å². The third kappa shape index (κ3) is 2.04. The lowest BCUT2D eigenvalue weighted by Crippen LogP contribution is -2.35. The van der Waals surface area contributed by atoms with E-state index in [1.165, 1.54) is 6.07 Å². The molecule has 20 heavy (non-hydrogen) atoms. The van der Waals surface area contributed by atoms with Gasteiger partial charge in [-0.2, -0.15) is 0 Å². The predicted molar refractivity (Wildman–Crippen MR) is 74.3 cm³/mol. The molecule has 0 amide bonds. The highest BCUT2D eigenvalue weighted by Crippen LogP contribution is 2.40. The van der Waals surface area contributed by atoms with Crippen LogP contribution in [-0.2, 0) is 0 Å². The number of fused-ring (bicyclic) bond motifs is 1. The van der Waals surface area contributed by atoms with Crippen molar-refractivity contribution in [3.63, 3.8) is 0 Å². The number of nitro benzene ring substituents is 1. The van der Waals surface area contributed by atoms with Crippen LogP contribution in [0.5, 0.6) is 0 Å². The molecule has 0 spiro atoms. The molecule has 1 aromatic rings. The second kappa shape index (κ2) is 5.01. The molecule has 1 N–H and O–H groups in total. The van der Waals surface area contributed by atoms with Gasteiger partial charge >= 0.3 is 0 Å². The van der Waals surface area contributed by atoms with Gasteiger partial charge in [0.05, 0.1) is 11.0 Å². The first-order valence-electron chi connectivity index (χ1n) is 7.03. The number of benzene rings is 1. The quantitative estimate of drug-likeness (QED) is 0.680. The molecule has 2 fully saturated rings. The summed E-state index contributed by atoms with van der Waals surface area (Å²) in [7, 11) is 0. The molecule has 2 heterocycles. The SMILES string of the molecule is CCC1C2CNCC2CN1c1ccc(F)cc1[N+](=O)[O-]. The molecule has 0 radical (unpaired) electrons. The van der Waals surface area contributed by atoms with Crippen LogP contribution < -0.4 is 10.2 Å². The van der Waals surface area contributed by atoms with Crippen LogP contribution in [-0.4, -0.2) is 30.6 Å². The van der Waals surface area contributed by atoms with Gasteiger partial charge < -0.3 is 10.2 Å².